The fourth-order valence-corrected chi connectivity index (χ4v) is 1.78. The maximum atomic E-state index is 13.1. The van der Waals surface area contributed by atoms with Crippen LogP contribution in [0.15, 0.2) is 30.5 Å². The Balaban J connectivity index is 2.16. The van der Waals surface area contributed by atoms with E-state index in [1.165, 1.54) is 12.1 Å². The highest BCUT2D eigenvalue weighted by Crippen LogP contribution is 2.18. The number of hydrogen-bond donors (Lipinski definition) is 1. The van der Waals surface area contributed by atoms with Crippen molar-refractivity contribution in [2.45, 2.75) is 13.1 Å². The summed E-state index contributed by atoms with van der Waals surface area (Å²) in [4.78, 5) is 0. The highest BCUT2D eigenvalue weighted by atomic mass is 35.5. The highest BCUT2D eigenvalue weighted by Gasteiger charge is 2.04. The minimum atomic E-state index is -0.285. The van der Waals surface area contributed by atoms with Crippen LogP contribution in [0.1, 0.15) is 11.3 Å². The van der Waals surface area contributed by atoms with Crippen LogP contribution in [0.5, 0.6) is 0 Å². The van der Waals surface area contributed by atoms with E-state index in [0.29, 0.717) is 18.1 Å². The van der Waals surface area contributed by atoms with Crippen molar-refractivity contribution in [1.82, 2.24) is 15.1 Å². The molecule has 0 aliphatic rings. The first-order valence-electron chi connectivity index (χ1n) is 5.30. The third kappa shape index (κ3) is 3.05. The van der Waals surface area contributed by atoms with Gasteiger partial charge in [-0.1, -0.05) is 11.6 Å². The lowest BCUT2D eigenvalue weighted by atomic mass is 10.2. The first-order valence-corrected chi connectivity index (χ1v) is 5.67. The van der Waals surface area contributed by atoms with Gasteiger partial charge in [-0.05, 0) is 36.9 Å². The minimum absolute atomic E-state index is 0.285. The number of rotatable bonds is 4. The van der Waals surface area contributed by atoms with E-state index in [9.17, 15) is 4.39 Å². The predicted molar refractivity (Wildman–Crippen MR) is 65.5 cm³/mol. The van der Waals surface area contributed by atoms with E-state index >= 15 is 0 Å². The van der Waals surface area contributed by atoms with Gasteiger partial charge in [0.05, 0.1) is 12.2 Å². The highest BCUT2D eigenvalue weighted by molar-refractivity contribution is 6.31. The number of nitrogens with one attached hydrogen (secondary N) is 1. The van der Waals surface area contributed by atoms with Crippen molar-refractivity contribution in [2.75, 3.05) is 7.05 Å². The minimum Gasteiger partial charge on any atom is -0.314 e. The van der Waals surface area contributed by atoms with Crippen LogP contribution in [-0.4, -0.2) is 16.8 Å². The molecule has 0 radical (unpaired) electrons. The average Bonchev–Trinajstić information content (AvgIpc) is 2.72. The molecule has 17 heavy (non-hydrogen) atoms. The Morgan fingerprint density at radius 1 is 1.41 bits per heavy atom. The number of nitrogens with zero attached hydrogens (tertiary/aromatic N) is 2. The number of hydrogen-bond acceptors (Lipinski definition) is 2. The Kier molecular flexibility index (Phi) is 3.76. The van der Waals surface area contributed by atoms with E-state index in [1.807, 2.05) is 19.3 Å². The van der Waals surface area contributed by atoms with Gasteiger partial charge in [-0.25, -0.2) is 4.39 Å². The van der Waals surface area contributed by atoms with Gasteiger partial charge in [0, 0.05) is 17.8 Å². The van der Waals surface area contributed by atoms with Crippen LogP contribution >= 0.6 is 11.6 Å². The summed E-state index contributed by atoms with van der Waals surface area (Å²) in [5, 5.41) is 7.91. The van der Waals surface area contributed by atoms with Crippen molar-refractivity contribution in [2.24, 2.45) is 0 Å². The lowest BCUT2D eigenvalue weighted by molar-refractivity contribution is 0.617. The van der Waals surface area contributed by atoms with E-state index in [-0.39, 0.29) is 5.82 Å². The first kappa shape index (κ1) is 12.1. The molecule has 5 heteroatoms. The molecule has 0 saturated heterocycles. The van der Waals surface area contributed by atoms with Gasteiger partial charge in [0.1, 0.15) is 5.82 Å². The Hall–Kier alpha value is -1.39. The first-order chi connectivity index (χ1) is 8.19. The van der Waals surface area contributed by atoms with Gasteiger partial charge in [-0.2, -0.15) is 5.10 Å². The van der Waals surface area contributed by atoms with Crippen LogP contribution in [0, 0.1) is 5.82 Å². The molecule has 0 aliphatic heterocycles. The summed E-state index contributed by atoms with van der Waals surface area (Å²) in [6.07, 6.45) is 1.86. The zero-order valence-electron chi connectivity index (χ0n) is 9.45. The predicted octanol–water partition coefficient (Wildman–Crippen LogP) is 2.44. The molecular weight excluding hydrogens is 241 g/mol. The Labute approximate surface area is 104 Å². The molecule has 90 valence electrons. The molecule has 1 N–H and O–H groups in total. The standard InChI is InChI=1S/C12H13ClFN3/c1-15-7-11-4-5-17(16-11)8-9-6-10(14)2-3-12(9)13/h2-6,15H,7-8H2,1H3. The molecule has 0 bridgehead atoms. The zero-order chi connectivity index (χ0) is 12.3. The van der Waals surface area contributed by atoms with Crippen molar-refractivity contribution < 1.29 is 4.39 Å². The maximum Gasteiger partial charge on any atom is 0.123 e. The van der Waals surface area contributed by atoms with E-state index in [2.05, 4.69) is 10.4 Å². The van der Waals surface area contributed by atoms with Crippen LogP contribution < -0.4 is 5.32 Å². The largest absolute Gasteiger partial charge is 0.314 e. The van der Waals surface area contributed by atoms with Crippen LogP contribution in [0.2, 0.25) is 5.02 Å². The summed E-state index contributed by atoms with van der Waals surface area (Å²) in [5.41, 5.74) is 1.67. The molecule has 2 rings (SSSR count). The Bertz CT molecular complexity index is 510. The van der Waals surface area contributed by atoms with E-state index in [4.69, 9.17) is 11.6 Å². The molecule has 0 unspecified atom stereocenters. The zero-order valence-corrected chi connectivity index (χ0v) is 10.2. The van der Waals surface area contributed by atoms with E-state index in [1.54, 1.807) is 10.7 Å². The molecule has 1 aromatic heterocycles. The second-order valence-corrected chi connectivity index (χ2v) is 4.18. The maximum absolute atomic E-state index is 13.1. The normalized spacial score (nSPS) is 10.8. The molecular formula is C12H13ClFN3. The number of benzene rings is 1. The average molecular weight is 254 g/mol. The molecule has 0 aliphatic carbocycles. The SMILES string of the molecule is CNCc1ccn(Cc2cc(F)ccc2Cl)n1. The van der Waals surface area contributed by atoms with E-state index < -0.39 is 0 Å². The fraction of sp³-hybridized carbons (Fsp3) is 0.250. The topological polar surface area (TPSA) is 29.9 Å². The van der Waals surface area contributed by atoms with Crippen LogP contribution in [0.25, 0.3) is 0 Å². The van der Waals surface area contributed by atoms with Crippen molar-refractivity contribution in [3.8, 4) is 0 Å². The van der Waals surface area contributed by atoms with Gasteiger partial charge < -0.3 is 5.32 Å². The van der Waals surface area contributed by atoms with Crippen molar-refractivity contribution in [3.63, 3.8) is 0 Å². The molecule has 0 fully saturated rings. The van der Waals surface area contributed by atoms with Gasteiger partial charge in [0.15, 0.2) is 0 Å². The molecule has 1 heterocycles. The molecule has 0 atom stereocenters. The smallest absolute Gasteiger partial charge is 0.123 e. The second-order valence-electron chi connectivity index (χ2n) is 3.77. The lowest BCUT2D eigenvalue weighted by Gasteiger charge is -2.04. The Morgan fingerprint density at radius 3 is 3.00 bits per heavy atom. The van der Waals surface area contributed by atoms with Crippen LogP contribution in [0.4, 0.5) is 4.39 Å². The summed E-state index contributed by atoms with van der Waals surface area (Å²) < 4.78 is 14.8. The molecule has 2 aromatic rings. The summed E-state index contributed by atoms with van der Waals surface area (Å²) in [5.74, 6) is -0.285. The van der Waals surface area contributed by atoms with Gasteiger partial charge >= 0.3 is 0 Å². The molecule has 1 aromatic carbocycles. The van der Waals surface area contributed by atoms with E-state index in [0.717, 1.165) is 11.3 Å². The molecule has 3 nitrogen and oxygen atoms in total. The fourth-order valence-electron chi connectivity index (χ4n) is 1.61. The molecule has 0 saturated carbocycles. The second kappa shape index (κ2) is 5.29. The van der Waals surface area contributed by atoms with Gasteiger partial charge in [0.25, 0.3) is 0 Å². The number of halogens is 2. The summed E-state index contributed by atoms with van der Waals surface area (Å²) in [6, 6.07) is 6.26. The van der Waals surface area contributed by atoms with Crippen molar-refractivity contribution in [1.29, 1.82) is 0 Å². The van der Waals surface area contributed by atoms with Gasteiger partial charge in [0.2, 0.25) is 0 Å². The summed E-state index contributed by atoms with van der Waals surface area (Å²) in [7, 11) is 1.86. The number of aromatic nitrogens is 2. The molecule has 0 spiro atoms. The summed E-state index contributed by atoms with van der Waals surface area (Å²) in [6.45, 7) is 1.18. The van der Waals surface area contributed by atoms with Gasteiger partial charge in [-0.15, -0.1) is 0 Å². The monoisotopic (exact) mass is 253 g/mol. The quantitative estimate of drug-likeness (QED) is 0.907. The third-order valence-corrected chi connectivity index (χ3v) is 2.76. The summed E-state index contributed by atoms with van der Waals surface area (Å²) >= 11 is 5.99. The van der Waals surface area contributed by atoms with Crippen molar-refractivity contribution in [3.05, 3.63) is 52.6 Å². The van der Waals surface area contributed by atoms with Gasteiger partial charge in [-0.3, -0.25) is 4.68 Å². The lowest BCUT2D eigenvalue weighted by Crippen LogP contribution is -2.07. The molecule has 0 amide bonds. The van der Waals surface area contributed by atoms with Crippen LogP contribution in [-0.2, 0) is 13.1 Å². The Morgan fingerprint density at radius 2 is 2.24 bits per heavy atom. The van der Waals surface area contributed by atoms with Crippen LogP contribution in [0.3, 0.4) is 0 Å². The third-order valence-electron chi connectivity index (χ3n) is 2.39. The van der Waals surface area contributed by atoms with Crippen molar-refractivity contribution >= 4 is 11.6 Å².